The zero-order valence-corrected chi connectivity index (χ0v) is 11.2. The number of hydrogen-bond donors (Lipinski definition) is 2. The first-order chi connectivity index (χ1) is 7.72. The standard InChI is InChI=1S/C11H23BN2O3/c1-11(2,3)17-10(16)14-7-5-4-6-8(13)9(12)15/h8H,4-7,12-13H2,1-3H3,(H,14,16)/t8-/m0/s1. The number of nitrogens with two attached hydrogens (primary N) is 1. The van der Waals surface area contributed by atoms with Gasteiger partial charge in [-0.25, -0.2) is 4.79 Å². The van der Waals surface area contributed by atoms with Crippen molar-refractivity contribution < 1.29 is 14.3 Å². The monoisotopic (exact) mass is 242 g/mol. The van der Waals surface area contributed by atoms with E-state index in [-0.39, 0.29) is 11.7 Å². The van der Waals surface area contributed by atoms with E-state index >= 15 is 0 Å². The number of nitrogens with one attached hydrogen (secondary N) is 1. The van der Waals surface area contributed by atoms with Crippen LogP contribution in [0.5, 0.6) is 0 Å². The van der Waals surface area contributed by atoms with E-state index in [2.05, 4.69) is 5.32 Å². The molecule has 0 aliphatic rings. The molecular formula is C11H23BN2O3. The van der Waals surface area contributed by atoms with Crippen LogP contribution in [0, 0.1) is 0 Å². The van der Waals surface area contributed by atoms with Gasteiger partial charge in [-0.1, -0.05) is 0 Å². The maximum Gasteiger partial charge on any atom is 0.407 e. The van der Waals surface area contributed by atoms with Gasteiger partial charge in [-0.15, -0.1) is 0 Å². The molecule has 0 aromatic carbocycles. The molecule has 0 heterocycles. The lowest BCUT2D eigenvalue weighted by Gasteiger charge is -2.19. The van der Waals surface area contributed by atoms with Crippen LogP contribution in [0.15, 0.2) is 0 Å². The van der Waals surface area contributed by atoms with Crippen LogP contribution in [0.3, 0.4) is 0 Å². The second-order valence-corrected chi connectivity index (χ2v) is 5.14. The molecule has 0 aliphatic carbocycles. The highest BCUT2D eigenvalue weighted by Gasteiger charge is 2.15. The Morgan fingerprint density at radius 1 is 1.35 bits per heavy atom. The molecule has 0 saturated carbocycles. The van der Waals surface area contributed by atoms with Crippen molar-refractivity contribution in [2.24, 2.45) is 5.73 Å². The Morgan fingerprint density at radius 2 is 1.94 bits per heavy atom. The van der Waals surface area contributed by atoms with Gasteiger partial charge in [0, 0.05) is 6.54 Å². The highest BCUT2D eigenvalue weighted by atomic mass is 16.6. The number of ether oxygens (including phenoxy) is 1. The third-order valence-corrected chi connectivity index (χ3v) is 2.13. The van der Waals surface area contributed by atoms with E-state index in [0.29, 0.717) is 13.0 Å². The summed E-state index contributed by atoms with van der Waals surface area (Å²) in [5, 5.41) is 2.66. The van der Waals surface area contributed by atoms with Gasteiger partial charge in [-0.3, -0.25) is 0 Å². The van der Waals surface area contributed by atoms with Gasteiger partial charge in [-0.05, 0) is 40.0 Å². The zero-order chi connectivity index (χ0) is 13.5. The van der Waals surface area contributed by atoms with E-state index in [1.54, 1.807) is 0 Å². The molecular weight excluding hydrogens is 219 g/mol. The quantitative estimate of drug-likeness (QED) is 0.513. The van der Waals surface area contributed by atoms with Crippen molar-refractivity contribution in [2.75, 3.05) is 6.54 Å². The molecule has 0 radical (unpaired) electrons. The fourth-order valence-electron chi connectivity index (χ4n) is 1.20. The number of hydrogen-bond acceptors (Lipinski definition) is 4. The van der Waals surface area contributed by atoms with Crippen LogP contribution < -0.4 is 11.1 Å². The van der Waals surface area contributed by atoms with Crippen LogP contribution in [0.25, 0.3) is 0 Å². The van der Waals surface area contributed by atoms with Crippen molar-refractivity contribution in [1.29, 1.82) is 0 Å². The normalized spacial score (nSPS) is 12.9. The van der Waals surface area contributed by atoms with Gasteiger partial charge in [0.2, 0.25) is 0 Å². The second-order valence-electron chi connectivity index (χ2n) is 5.14. The van der Waals surface area contributed by atoms with Gasteiger partial charge in [0.05, 0.1) is 11.7 Å². The zero-order valence-electron chi connectivity index (χ0n) is 11.2. The largest absolute Gasteiger partial charge is 0.444 e. The summed E-state index contributed by atoms with van der Waals surface area (Å²) in [7, 11) is 1.49. The first-order valence-corrected chi connectivity index (χ1v) is 5.95. The van der Waals surface area contributed by atoms with E-state index < -0.39 is 11.7 Å². The molecule has 0 aromatic heterocycles. The summed E-state index contributed by atoms with van der Waals surface area (Å²) in [6.45, 7) is 5.99. The summed E-state index contributed by atoms with van der Waals surface area (Å²) in [6.07, 6.45) is 1.86. The van der Waals surface area contributed by atoms with Crippen LogP contribution in [0.4, 0.5) is 4.79 Å². The predicted octanol–water partition coefficient (Wildman–Crippen LogP) is 0.168. The smallest absolute Gasteiger partial charge is 0.407 e. The number of carbonyl (C=O) groups is 2. The summed E-state index contributed by atoms with van der Waals surface area (Å²) in [5.41, 5.74) is 5.11. The molecule has 0 aromatic rings. The average Bonchev–Trinajstić information content (AvgIpc) is 2.13. The van der Waals surface area contributed by atoms with E-state index in [1.807, 2.05) is 20.8 Å². The Morgan fingerprint density at radius 3 is 2.41 bits per heavy atom. The Balaban J connectivity index is 3.52. The molecule has 0 aliphatic heterocycles. The van der Waals surface area contributed by atoms with Crippen LogP contribution in [-0.2, 0) is 9.53 Å². The third kappa shape index (κ3) is 9.87. The molecule has 5 nitrogen and oxygen atoms in total. The fourth-order valence-corrected chi connectivity index (χ4v) is 1.20. The molecule has 0 saturated heterocycles. The van der Waals surface area contributed by atoms with Gasteiger partial charge in [0.15, 0.2) is 7.85 Å². The molecule has 0 unspecified atom stereocenters. The summed E-state index contributed by atoms with van der Waals surface area (Å²) in [5.74, 6) is 0. The SMILES string of the molecule is BC(=O)[C@@H](N)CCCCNC(=O)OC(C)(C)C. The van der Waals surface area contributed by atoms with Crippen LogP contribution in [0.2, 0.25) is 0 Å². The van der Waals surface area contributed by atoms with Gasteiger partial charge < -0.3 is 20.6 Å². The van der Waals surface area contributed by atoms with Crippen molar-refractivity contribution >= 4 is 19.6 Å². The van der Waals surface area contributed by atoms with Crippen molar-refractivity contribution in [3.8, 4) is 0 Å². The molecule has 1 atom stereocenters. The van der Waals surface area contributed by atoms with Gasteiger partial charge >= 0.3 is 6.09 Å². The highest BCUT2D eigenvalue weighted by molar-refractivity contribution is 6.59. The van der Waals surface area contributed by atoms with Gasteiger partial charge in [0.1, 0.15) is 5.60 Å². The first-order valence-electron chi connectivity index (χ1n) is 5.95. The van der Waals surface area contributed by atoms with Crippen LogP contribution >= 0.6 is 0 Å². The Labute approximate surface area is 104 Å². The molecule has 0 bridgehead atoms. The van der Waals surface area contributed by atoms with Crippen LogP contribution in [-0.4, -0.2) is 37.8 Å². The van der Waals surface area contributed by atoms with Gasteiger partial charge in [-0.2, -0.15) is 0 Å². The number of carbonyl (C=O) groups excluding carboxylic acids is 2. The average molecular weight is 242 g/mol. The van der Waals surface area contributed by atoms with Crippen molar-refractivity contribution in [3.05, 3.63) is 0 Å². The van der Waals surface area contributed by atoms with Gasteiger partial charge in [0.25, 0.3) is 0 Å². The van der Waals surface area contributed by atoms with Crippen molar-refractivity contribution in [1.82, 2.24) is 5.32 Å². The summed E-state index contributed by atoms with van der Waals surface area (Å²) >= 11 is 0. The number of unbranched alkanes of at least 4 members (excludes halogenated alkanes) is 1. The Hall–Kier alpha value is -1.04. The molecule has 0 fully saturated rings. The lowest BCUT2D eigenvalue weighted by Crippen LogP contribution is -2.33. The lowest BCUT2D eigenvalue weighted by molar-refractivity contribution is -0.113. The maximum absolute atomic E-state index is 11.3. The molecule has 98 valence electrons. The molecule has 1 amide bonds. The number of alkyl carbamates (subject to hydrolysis) is 1. The second kappa shape index (κ2) is 7.32. The molecule has 0 spiro atoms. The minimum atomic E-state index is -0.471. The van der Waals surface area contributed by atoms with Crippen molar-refractivity contribution in [3.63, 3.8) is 0 Å². The molecule has 3 N–H and O–H groups in total. The lowest BCUT2D eigenvalue weighted by atomic mass is 9.92. The van der Waals surface area contributed by atoms with E-state index in [1.165, 1.54) is 7.85 Å². The first kappa shape index (κ1) is 16.0. The minimum Gasteiger partial charge on any atom is -0.444 e. The van der Waals surface area contributed by atoms with Crippen LogP contribution in [0.1, 0.15) is 40.0 Å². The molecule has 0 rings (SSSR count). The Bertz CT molecular complexity index is 264. The third-order valence-electron chi connectivity index (χ3n) is 2.13. The predicted molar refractivity (Wildman–Crippen MR) is 69.6 cm³/mol. The Kier molecular flexibility index (Phi) is 6.88. The summed E-state index contributed by atoms with van der Waals surface area (Å²) < 4.78 is 5.07. The van der Waals surface area contributed by atoms with E-state index in [0.717, 1.165) is 12.8 Å². The van der Waals surface area contributed by atoms with Crippen molar-refractivity contribution in [2.45, 2.75) is 51.7 Å². The topological polar surface area (TPSA) is 81.4 Å². The number of amides is 1. The number of rotatable bonds is 6. The summed E-state index contributed by atoms with van der Waals surface area (Å²) in [4.78, 5) is 22.1. The summed E-state index contributed by atoms with van der Waals surface area (Å²) in [6, 6.07) is -0.378. The highest BCUT2D eigenvalue weighted by Crippen LogP contribution is 2.06. The maximum atomic E-state index is 11.3. The fraction of sp³-hybridized carbons (Fsp3) is 0.818. The van der Waals surface area contributed by atoms with E-state index in [9.17, 15) is 9.59 Å². The molecule has 17 heavy (non-hydrogen) atoms. The molecule has 6 heteroatoms. The van der Waals surface area contributed by atoms with E-state index in [4.69, 9.17) is 10.5 Å². The minimum absolute atomic E-state index is 0.00472.